The molecule has 2 N–H and O–H groups in total. The molecule has 7 heteroatoms. The average Bonchev–Trinajstić information content (AvgIpc) is 2.51. The Balaban J connectivity index is 2.13. The van der Waals surface area contributed by atoms with Crippen LogP contribution in [0.1, 0.15) is 19.0 Å². The van der Waals surface area contributed by atoms with Gasteiger partial charge in [-0.25, -0.2) is 9.97 Å². The molecule has 128 valence electrons. The number of hydrogen-bond acceptors (Lipinski definition) is 4. The van der Waals surface area contributed by atoms with Gasteiger partial charge in [-0.05, 0) is 40.1 Å². The molecule has 0 saturated heterocycles. The van der Waals surface area contributed by atoms with Gasteiger partial charge in [-0.1, -0.05) is 18.2 Å². The lowest BCUT2D eigenvalue weighted by Gasteiger charge is -2.13. The van der Waals surface area contributed by atoms with E-state index in [0.717, 1.165) is 29.6 Å². The Hall–Kier alpha value is -2.54. The molecular weight excluding hydrogens is 304 g/mol. The number of nitrogens with zero attached hydrogens (tertiary/aromatic N) is 4. The fraction of sp³-hybridized carbons (Fsp3) is 0.412. The first-order valence-corrected chi connectivity index (χ1v) is 7.94. The number of hydrogen-bond donors (Lipinski definition) is 2. The maximum atomic E-state index is 11.3. The first kappa shape index (κ1) is 17.8. The summed E-state index contributed by atoms with van der Waals surface area (Å²) in [4.78, 5) is 26.3. The van der Waals surface area contributed by atoms with Gasteiger partial charge in [0.05, 0.1) is 11.2 Å². The van der Waals surface area contributed by atoms with Gasteiger partial charge in [0.25, 0.3) is 0 Å². The normalized spacial score (nSPS) is 11.8. The number of carbonyl (C=O) groups is 1. The third-order valence-electron chi connectivity index (χ3n) is 3.37. The number of carbonyl (C=O) groups excluding carboxylic acids is 1. The summed E-state index contributed by atoms with van der Waals surface area (Å²) in [5.41, 5.74) is 1.72. The number of aliphatic imine (C=N–C) groups is 1. The number of benzene rings is 1. The monoisotopic (exact) mass is 328 g/mol. The Labute approximate surface area is 142 Å². The largest absolute Gasteiger partial charge is 0.356 e. The molecule has 1 aromatic carbocycles. The highest BCUT2D eigenvalue weighted by Gasteiger charge is 2.07. The molecule has 7 nitrogen and oxygen atoms in total. The van der Waals surface area contributed by atoms with Gasteiger partial charge in [0, 0.05) is 18.9 Å². The Morgan fingerprint density at radius 2 is 2.00 bits per heavy atom. The lowest BCUT2D eigenvalue weighted by molar-refractivity contribution is -0.115. The fourth-order valence-corrected chi connectivity index (χ4v) is 2.27. The van der Waals surface area contributed by atoms with Crippen molar-refractivity contribution >= 4 is 28.7 Å². The standard InChI is InChI=1S/C17H24N6O/c1-12-14-8-5-6-9-15(14)21-17(19-12)22-16(20-13(2)24)18-10-7-11-23(3)4/h5-6,8-9H,7,10-11H2,1-4H3,(H2,18,19,20,21,22,24). The van der Waals surface area contributed by atoms with Crippen molar-refractivity contribution in [3.05, 3.63) is 30.0 Å². The van der Waals surface area contributed by atoms with Crippen molar-refractivity contribution in [3.63, 3.8) is 0 Å². The molecule has 0 aliphatic heterocycles. The predicted octanol–water partition coefficient (Wildman–Crippen LogP) is 1.79. The van der Waals surface area contributed by atoms with Crippen LogP contribution in [-0.2, 0) is 4.79 Å². The van der Waals surface area contributed by atoms with Crippen LogP contribution in [0.25, 0.3) is 10.9 Å². The predicted molar refractivity (Wildman–Crippen MR) is 97.2 cm³/mol. The Morgan fingerprint density at radius 1 is 1.25 bits per heavy atom. The van der Waals surface area contributed by atoms with Gasteiger partial charge in [-0.3, -0.25) is 10.1 Å². The van der Waals surface area contributed by atoms with Crippen molar-refractivity contribution in [2.75, 3.05) is 32.5 Å². The van der Waals surface area contributed by atoms with Gasteiger partial charge in [0.15, 0.2) is 0 Å². The zero-order valence-electron chi connectivity index (χ0n) is 14.6. The van der Waals surface area contributed by atoms with Gasteiger partial charge in [0.1, 0.15) is 0 Å². The van der Waals surface area contributed by atoms with Crippen LogP contribution in [0.4, 0.5) is 5.95 Å². The smallest absolute Gasteiger partial charge is 0.245 e. The molecule has 0 fully saturated rings. The van der Waals surface area contributed by atoms with E-state index in [-0.39, 0.29) is 5.91 Å². The zero-order valence-corrected chi connectivity index (χ0v) is 14.6. The lowest BCUT2D eigenvalue weighted by Crippen LogP contribution is -2.34. The molecular formula is C17H24N6O. The Kier molecular flexibility index (Phi) is 6.20. The van der Waals surface area contributed by atoms with Crippen molar-refractivity contribution in [1.29, 1.82) is 0 Å². The number of nitrogens with one attached hydrogen (secondary N) is 2. The molecule has 0 atom stereocenters. The summed E-state index contributed by atoms with van der Waals surface area (Å²) in [5.74, 6) is 0.511. The van der Waals surface area contributed by atoms with Crippen molar-refractivity contribution in [2.45, 2.75) is 20.3 Å². The molecule has 0 saturated carbocycles. The zero-order chi connectivity index (χ0) is 17.5. The van der Waals surface area contributed by atoms with Gasteiger partial charge < -0.3 is 10.2 Å². The second-order valence-corrected chi connectivity index (χ2v) is 5.84. The number of rotatable bonds is 5. The van der Waals surface area contributed by atoms with E-state index in [2.05, 4.69) is 30.5 Å². The highest BCUT2D eigenvalue weighted by molar-refractivity contribution is 6.00. The summed E-state index contributed by atoms with van der Waals surface area (Å²) < 4.78 is 0. The number of amides is 1. The van der Waals surface area contributed by atoms with Crippen LogP contribution in [-0.4, -0.2) is 53.9 Å². The average molecular weight is 328 g/mol. The maximum Gasteiger partial charge on any atom is 0.245 e. The first-order chi connectivity index (χ1) is 11.5. The molecule has 24 heavy (non-hydrogen) atoms. The van der Waals surface area contributed by atoms with Crippen LogP contribution in [0, 0.1) is 6.92 Å². The number of guanidine groups is 1. The van der Waals surface area contributed by atoms with Crippen LogP contribution in [0.5, 0.6) is 0 Å². The number of anilines is 1. The minimum absolute atomic E-state index is 0.282. The fourth-order valence-electron chi connectivity index (χ4n) is 2.27. The molecule has 0 unspecified atom stereocenters. The second kappa shape index (κ2) is 8.35. The van der Waals surface area contributed by atoms with Crippen LogP contribution < -0.4 is 10.6 Å². The molecule has 0 aliphatic rings. The van der Waals surface area contributed by atoms with Crippen LogP contribution >= 0.6 is 0 Å². The molecule has 1 aromatic heterocycles. The summed E-state index contributed by atoms with van der Waals surface area (Å²) in [6.07, 6.45) is 0.934. The van der Waals surface area contributed by atoms with Crippen LogP contribution in [0.2, 0.25) is 0 Å². The number of para-hydroxylation sites is 1. The Bertz CT molecular complexity index is 741. The maximum absolute atomic E-state index is 11.3. The van der Waals surface area contributed by atoms with E-state index in [1.54, 1.807) is 0 Å². The number of aryl methyl sites for hydroxylation is 1. The van der Waals surface area contributed by atoms with Crippen molar-refractivity contribution in [1.82, 2.24) is 20.2 Å². The summed E-state index contributed by atoms with van der Waals surface area (Å²) >= 11 is 0. The van der Waals surface area contributed by atoms with Crippen molar-refractivity contribution in [2.24, 2.45) is 4.99 Å². The van der Waals surface area contributed by atoms with Gasteiger partial charge in [0.2, 0.25) is 17.8 Å². The van der Waals surface area contributed by atoms with Gasteiger partial charge in [-0.15, -0.1) is 0 Å². The second-order valence-electron chi connectivity index (χ2n) is 5.84. The molecule has 2 aromatic rings. The van der Waals surface area contributed by atoms with Crippen LogP contribution in [0.3, 0.4) is 0 Å². The molecule has 0 radical (unpaired) electrons. The molecule has 0 spiro atoms. The lowest BCUT2D eigenvalue weighted by atomic mass is 10.2. The molecule has 1 heterocycles. The van der Waals surface area contributed by atoms with E-state index in [0.29, 0.717) is 18.5 Å². The first-order valence-electron chi connectivity index (χ1n) is 7.94. The molecule has 0 aliphatic carbocycles. The molecule has 2 rings (SSSR count). The summed E-state index contributed by atoms with van der Waals surface area (Å²) in [7, 11) is 4.04. The van der Waals surface area contributed by atoms with Gasteiger partial charge in [-0.2, -0.15) is 4.99 Å². The van der Waals surface area contributed by atoms with Crippen molar-refractivity contribution in [3.8, 4) is 0 Å². The highest BCUT2D eigenvalue weighted by Crippen LogP contribution is 2.16. The number of fused-ring (bicyclic) bond motifs is 1. The Morgan fingerprint density at radius 3 is 2.71 bits per heavy atom. The third kappa shape index (κ3) is 5.27. The minimum atomic E-state index is -0.282. The number of aromatic nitrogens is 2. The van der Waals surface area contributed by atoms with Crippen LogP contribution in [0.15, 0.2) is 29.3 Å². The van der Waals surface area contributed by atoms with E-state index in [9.17, 15) is 4.79 Å². The van der Waals surface area contributed by atoms with Gasteiger partial charge >= 0.3 is 0 Å². The highest BCUT2D eigenvalue weighted by atomic mass is 16.1. The van der Waals surface area contributed by atoms with E-state index in [1.165, 1.54) is 6.92 Å². The third-order valence-corrected chi connectivity index (χ3v) is 3.37. The van der Waals surface area contributed by atoms with E-state index in [1.807, 2.05) is 45.3 Å². The summed E-state index contributed by atoms with van der Waals surface area (Å²) in [6, 6.07) is 7.81. The van der Waals surface area contributed by atoms with E-state index >= 15 is 0 Å². The molecule has 1 amide bonds. The topological polar surface area (TPSA) is 82.5 Å². The summed E-state index contributed by atoms with van der Waals surface area (Å²) in [5, 5.41) is 7.15. The summed E-state index contributed by atoms with van der Waals surface area (Å²) in [6.45, 7) is 4.99. The molecule has 0 bridgehead atoms. The van der Waals surface area contributed by atoms with E-state index < -0.39 is 0 Å². The quantitative estimate of drug-likeness (QED) is 0.495. The van der Waals surface area contributed by atoms with Crippen molar-refractivity contribution < 1.29 is 4.79 Å². The minimum Gasteiger partial charge on any atom is -0.356 e. The SMILES string of the molecule is CC(=O)N=C(NCCCN(C)C)Nc1nc(C)c2ccccc2n1. The van der Waals surface area contributed by atoms with E-state index in [4.69, 9.17) is 0 Å².